The summed E-state index contributed by atoms with van der Waals surface area (Å²) in [6.07, 6.45) is 4.66. The van der Waals surface area contributed by atoms with Crippen LogP contribution in [0.25, 0.3) is 10.8 Å². The van der Waals surface area contributed by atoms with Crippen molar-refractivity contribution < 1.29 is 14.6 Å². The minimum atomic E-state index is -0.110. The lowest BCUT2D eigenvalue weighted by Gasteiger charge is -2.33. The molecule has 2 aromatic carbocycles. The van der Waals surface area contributed by atoms with Gasteiger partial charge in [0.1, 0.15) is 11.6 Å². The number of nitrogens with zero attached hydrogens (tertiary/aromatic N) is 5. The highest BCUT2D eigenvalue weighted by molar-refractivity contribution is 14.1. The molecule has 8 nitrogen and oxygen atoms in total. The minimum Gasteiger partial charge on any atom is -0.508 e. The van der Waals surface area contributed by atoms with Gasteiger partial charge < -0.3 is 24.5 Å². The van der Waals surface area contributed by atoms with Gasteiger partial charge in [-0.1, -0.05) is 19.1 Å². The lowest BCUT2D eigenvalue weighted by atomic mass is 10.00. The first-order valence-corrected chi connectivity index (χ1v) is 14.9. The second-order valence-electron chi connectivity index (χ2n) is 12.0. The molecule has 1 saturated heterocycles. The maximum absolute atomic E-state index is 13.9. The first-order valence-electron chi connectivity index (χ1n) is 13.8. The van der Waals surface area contributed by atoms with Gasteiger partial charge in [-0.3, -0.25) is 4.79 Å². The van der Waals surface area contributed by atoms with Crippen LogP contribution in [-0.4, -0.2) is 71.1 Å². The predicted molar refractivity (Wildman–Crippen MR) is 160 cm³/mol. The number of fused-ring (bicyclic) bond motifs is 2. The molecule has 1 aliphatic carbocycles. The third-order valence-corrected chi connectivity index (χ3v) is 9.14. The van der Waals surface area contributed by atoms with Gasteiger partial charge in [0.05, 0.1) is 31.0 Å². The molecule has 3 aromatic rings. The van der Waals surface area contributed by atoms with E-state index in [-0.39, 0.29) is 17.1 Å². The maximum Gasteiger partial charge on any atom is 0.318 e. The Hall–Kier alpha value is -2.66. The SMILES string of the molecule is CC1CCCN(c2nc(OCC3(CN(C)C)CC3)nc3c2CN(C(=O)c2cc(O)cc4cccc(I)c24)C3)C1. The van der Waals surface area contributed by atoms with Gasteiger partial charge in [-0.2, -0.15) is 9.97 Å². The van der Waals surface area contributed by atoms with Gasteiger partial charge in [0.2, 0.25) is 0 Å². The molecule has 0 spiro atoms. The third-order valence-electron chi connectivity index (χ3n) is 8.24. The zero-order valence-electron chi connectivity index (χ0n) is 22.9. The van der Waals surface area contributed by atoms with E-state index in [0.717, 1.165) is 70.3 Å². The van der Waals surface area contributed by atoms with Gasteiger partial charge in [-0.25, -0.2) is 0 Å². The van der Waals surface area contributed by atoms with Gasteiger partial charge in [0, 0.05) is 39.6 Å². The van der Waals surface area contributed by atoms with Gasteiger partial charge in [0.15, 0.2) is 0 Å². The highest BCUT2D eigenvalue weighted by atomic mass is 127. The van der Waals surface area contributed by atoms with Crippen molar-refractivity contribution in [3.05, 3.63) is 50.7 Å². The fourth-order valence-corrected chi connectivity index (χ4v) is 7.00. The maximum atomic E-state index is 13.9. The number of piperidine rings is 1. The van der Waals surface area contributed by atoms with Crippen molar-refractivity contribution in [3.8, 4) is 11.8 Å². The van der Waals surface area contributed by atoms with Gasteiger partial charge in [0.25, 0.3) is 5.91 Å². The molecule has 0 bridgehead atoms. The van der Waals surface area contributed by atoms with Crippen molar-refractivity contribution in [2.75, 3.05) is 45.2 Å². The van der Waals surface area contributed by atoms with E-state index in [1.54, 1.807) is 12.1 Å². The number of amides is 1. The summed E-state index contributed by atoms with van der Waals surface area (Å²) < 4.78 is 7.26. The number of anilines is 1. The number of aromatic nitrogens is 2. The summed E-state index contributed by atoms with van der Waals surface area (Å²) in [5.74, 6) is 1.48. The van der Waals surface area contributed by atoms with Crippen molar-refractivity contribution >= 4 is 45.1 Å². The molecule has 6 rings (SSSR count). The smallest absolute Gasteiger partial charge is 0.318 e. The summed E-state index contributed by atoms with van der Waals surface area (Å²) in [4.78, 5) is 30.1. The fraction of sp³-hybridized carbons (Fsp3) is 0.500. The molecule has 39 heavy (non-hydrogen) atoms. The van der Waals surface area contributed by atoms with Crippen LogP contribution in [0.1, 0.15) is 54.2 Å². The zero-order chi connectivity index (χ0) is 27.3. The van der Waals surface area contributed by atoms with Crippen LogP contribution in [0.5, 0.6) is 11.8 Å². The summed E-state index contributed by atoms with van der Waals surface area (Å²) in [5, 5.41) is 12.1. The van der Waals surface area contributed by atoms with Crippen LogP contribution >= 0.6 is 22.6 Å². The Kier molecular flexibility index (Phi) is 7.07. The number of carbonyl (C=O) groups excluding carboxylic acids is 1. The number of phenols is 1. The van der Waals surface area contributed by atoms with E-state index in [2.05, 4.69) is 53.4 Å². The van der Waals surface area contributed by atoms with Crippen molar-refractivity contribution in [1.29, 1.82) is 0 Å². The molecule has 2 aliphatic heterocycles. The van der Waals surface area contributed by atoms with E-state index in [9.17, 15) is 9.90 Å². The van der Waals surface area contributed by atoms with E-state index in [0.29, 0.717) is 37.2 Å². The average Bonchev–Trinajstić information content (AvgIpc) is 3.51. The molecular weight excluding hydrogens is 605 g/mol. The van der Waals surface area contributed by atoms with Crippen LogP contribution in [-0.2, 0) is 13.1 Å². The van der Waals surface area contributed by atoms with Crippen LogP contribution in [0, 0.1) is 14.9 Å². The van der Waals surface area contributed by atoms with Crippen molar-refractivity contribution in [2.24, 2.45) is 11.3 Å². The van der Waals surface area contributed by atoms with Crippen LogP contribution < -0.4 is 9.64 Å². The molecule has 3 aliphatic rings. The number of phenolic OH excluding ortho intramolecular Hbond substituents is 1. The molecule has 1 unspecified atom stereocenters. The molecule has 1 N–H and O–H groups in total. The van der Waals surface area contributed by atoms with E-state index >= 15 is 0 Å². The Balaban J connectivity index is 1.32. The largest absolute Gasteiger partial charge is 0.508 e. The summed E-state index contributed by atoms with van der Waals surface area (Å²) in [7, 11) is 4.20. The van der Waals surface area contributed by atoms with Crippen molar-refractivity contribution in [3.63, 3.8) is 0 Å². The van der Waals surface area contributed by atoms with Crippen LogP contribution in [0.3, 0.4) is 0 Å². The monoisotopic (exact) mass is 641 g/mol. The number of hydrogen-bond donors (Lipinski definition) is 1. The summed E-state index contributed by atoms with van der Waals surface area (Å²) >= 11 is 2.26. The quantitative estimate of drug-likeness (QED) is 0.362. The van der Waals surface area contributed by atoms with Gasteiger partial charge >= 0.3 is 6.01 Å². The summed E-state index contributed by atoms with van der Waals surface area (Å²) in [5.41, 5.74) is 2.57. The average molecular weight is 642 g/mol. The molecule has 1 amide bonds. The van der Waals surface area contributed by atoms with E-state index in [4.69, 9.17) is 14.7 Å². The molecule has 1 atom stereocenters. The number of benzene rings is 2. The van der Waals surface area contributed by atoms with Gasteiger partial charge in [-0.05, 0) is 91.9 Å². The number of aromatic hydroxyl groups is 1. The Bertz CT molecular complexity index is 1420. The topological polar surface area (TPSA) is 82.0 Å². The minimum absolute atomic E-state index is 0.0924. The van der Waals surface area contributed by atoms with Crippen molar-refractivity contribution in [1.82, 2.24) is 19.8 Å². The Morgan fingerprint density at radius 1 is 1.23 bits per heavy atom. The number of hydrogen-bond acceptors (Lipinski definition) is 7. The van der Waals surface area contributed by atoms with Crippen LogP contribution in [0.4, 0.5) is 5.82 Å². The fourth-order valence-electron chi connectivity index (χ4n) is 6.19. The second-order valence-corrected chi connectivity index (χ2v) is 13.1. The van der Waals surface area contributed by atoms with E-state index < -0.39 is 0 Å². The molecule has 1 aromatic heterocycles. The second kappa shape index (κ2) is 10.4. The molecule has 3 heterocycles. The number of halogens is 1. The number of rotatable bonds is 7. The lowest BCUT2D eigenvalue weighted by molar-refractivity contribution is 0.0752. The molecule has 1 saturated carbocycles. The highest BCUT2D eigenvalue weighted by Gasteiger charge is 2.44. The third kappa shape index (κ3) is 5.39. The summed E-state index contributed by atoms with van der Waals surface area (Å²) in [6.45, 7) is 6.61. The number of ether oxygens (including phenoxy) is 1. The predicted octanol–water partition coefficient (Wildman–Crippen LogP) is 5.05. The van der Waals surface area contributed by atoms with E-state index in [1.165, 1.54) is 6.42 Å². The van der Waals surface area contributed by atoms with E-state index in [1.807, 2.05) is 23.1 Å². The first kappa shape index (κ1) is 26.6. The molecule has 2 fully saturated rings. The first-order chi connectivity index (χ1) is 18.7. The molecule has 0 radical (unpaired) electrons. The highest BCUT2D eigenvalue weighted by Crippen LogP contribution is 2.46. The Morgan fingerprint density at radius 3 is 2.79 bits per heavy atom. The summed E-state index contributed by atoms with van der Waals surface area (Å²) in [6, 6.07) is 9.57. The van der Waals surface area contributed by atoms with Gasteiger partial charge in [-0.15, -0.1) is 0 Å². The lowest BCUT2D eigenvalue weighted by Crippen LogP contribution is -2.36. The normalized spacial score (nSPS) is 20.0. The molecule has 206 valence electrons. The molecular formula is C30H36IN5O3. The Labute approximate surface area is 243 Å². The van der Waals surface area contributed by atoms with Crippen molar-refractivity contribution in [2.45, 2.75) is 45.7 Å². The standard InChI is InChI=1S/C30H36IN5O3/c1-19-6-5-11-35(14-19)27-23-15-36(28(38)22-13-21(37)12-20-7-4-8-24(31)26(20)22)16-25(23)32-29(33-27)39-18-30(9-10-30)17-34(2)3/h4,7-8,12-13,19,37H,5-6,9-11,14-18H2,1-3H3. The van der Waals surface area contributed by atoms with Crippen LogP contribution in [0.15, 0.2) is 30.3 Å². The Morgan fingerprint density at radius 2 is 2.05 bits per heavy atom. The van der Waals surface area contributed by atoms with Crippen LogP contribution in [0.2, 0.25) is 0 Å². The molecule has 9 heteroatoms. The zero-order valence-corrected chi connectivity index (χ0v) is 25.1. The number of carbonyl (C=O) groups is 1.